The smallest absolute Gasteiger partial charge is 0.125 e. The lowest BCUT2D eigenvalue weighted by molar-refractivity contribution is 0.0706. The average Bonchev–Trinajstić information content (AvgIpc) is 3.11. The van der Waals surface area contributed by atoms with Gasteiger partial charge < -0.3 is 9.64 Å². The van der Waals surface area contributed by atoms with Gasteiger partial charge in [-0.3, -0.25) is 5.32 Å². The van der Waals surface area contributed by atoms with Crippen LogP contribution in [0.25, 0.3) is 11.0 Å². The molecule has 0 aliphatic carbocycles. The van der Waals surface area contributed by atoms with Crippen molar-refractivity contribution in [1.82, 2.24) is 20.3 Å². The van der Waals surface area contributed by atoms with E-state index in [-0.39, 0.29) is 12.3 Å². The maximum Gasteiger partial charge on any atom is 0.125 e. The van der Waals surface area contributed by atoms with E-state index in [1.54, 1.807) is 13.2 Å². The quantitative estimate of drug-likeness (QED) is 0.716. The van der Waals surface area contributed by atoms with Gasteiger partial charge in [-0.25, -0.2) is 4.68 Å². The first-order valence-corrected chi connectivity index (χ1v) is 9.63. The van der Waals surface area contributed by atoms with Crippen molar-refractivity contribution >= 4 is 39.9 Å². The van der Waals surface area contributed by atoms with Crippen molar-refractivity contribution in [2.75, 3.05) is 31.6 Å². The molecule has 0 unspecified atom stereocenters. The monoisotopic (exact) mass is 405 g/mol. The fourth-order valence-corrected chi connectivity index (χ4v) is 4.05. The van der Waals surface area contributed by atoms with Gasteiger partial charge in [0.2, 0.25) is 0 Å². The predicted molar refractivity (Wildman–Crippen MR) is 109 cm³/mol. The summed E-state index contributed by atoms with van der Waals surface area (Å²) in [4.78, 5) is 2.31. The van der Waals surface area contributed by atoms with E-state index in [1.807, 2.05) is 22.9 Å². The molecule has 2 aromatic carbocycles. The summed E-state index contributed by atoms with van der Waals surface area (Å²) in [5.74, 6) is 0. The molecule has 4 rings (SSSR count). The Hall–Kier alpha value is -1.86. The van der Waals surface area contributed by atoms with E-state index in [9.17, 15) is 0 Å². The third-order valence-electron chi connectivity index (χ3n) is 5.02. The first-order chi connectivity index (χ1) is 13.1. The number of piperazine rings is 1. The van der Waals surface area contributed by atoms with Crippen LogP contribution >= 0.6 is 23.2 Å². The molecule has 1 aliphatic heterocycles. The summed E-state index contributed by atoms with van der Waals surface area (Å²) in [5, 5.41) is 13.3. The number of rotatable bonds is 4. The molecule has 1 aromatic heterocycles. The maximum absolute atomic E-state index is 6.40. The number of hydrogen-bond acceptors (Lipinski definition) is 5. The van der Waals surface area contributed by atoms with Crippen molar-refractivity contribution in [3.05, 3.63) is 52.0 Å². The molecule has 27 heavy (non-hydrogen) atoms. The SMILES string of the molecule is CO[C@H]1CN(c2ccc3nnn([C@H](C)c4ccc(Cl)cc4Cl)c3c2)CCN1. The number of ether oxygens (including phenoxy) is 1. The number of methoxy groups -OCH3 is 1. The van der Waals surface area contributed by atoms with Crippen LogP contribution in [-0.4, -0.2) is 48.0 Å². The van der Waals surface area contributed by atoms with Crippen LogP contribution in [0.15, 0.2) is 36.4 Å². The zero-order valence-electron chi connectivity index (χ0n) is 15.2. The molecule has 0 spiro atoms. The minimum absolute atomic E-state index is 0.0317. The lowest BCUT2D eigenvalue weighted by atomic mass is 10.1. The first kappa shape index (κ1) is 18.5. The van der Waals surface area contributed by atoms with E-state index in [2.05, 4.69) is 39.6 Å². The molecular weight excluding hydrogens is 385 g/mol. The van der Waals surface area contributed by atoms with Gasteiger partial charge in [0.1, 0.15) is 11.7 Å². The van der Waals surface area contributed by atoms with Crippen LogP contribution in [0.3, 0.4) is 0 Å². The summed E-state index contributed by atoms with van der Waals surface area (Å²) in [6.07, 6.45) is 0.0317. The Bertz CT molecular complexity index is 960. The topological polar surface area (TPSA) is 55.2 Å². The van der Waals surface area contributed by atoms with Crippen molar-refractivity contribution in [1.29, 1.82) is 0 Å². The number of anilines is 1. The van der Waals surface area contributed by atoms with E-state index < -0.39 is 0 Å². The Morgan fingerprint density at radius 2 is 2.07 bits per heavy atom. The normalized spacial score (nSPS) is 18.8. The molecule has 6 nitrogen and oxygen atoms in total. The molecule has 8 heteroatoms. The summed E-state index contributed by atoms with van der Waals surface area (Å²) in [6.45, 7) is 4.65. The van der Waals surface area contributed by atoms with Crippen LogP contribution in [-0.2, 0) is 4.74 Å². The van der Waals surface area contributed by atoms with Gasteiger partial charge in [0, 0.05) is 35.9 Å². The highest BCUT2D eigenvalue weighted by molar-refractivity contribution is 6.35. The van der Waals surface area contributed by atoms with Crippen LogP contribution in [0.2, 0.25) is 10.0 Å². The molecule has 1 N–H and O–H groups in total. The van der Waals surface area contributed by atoms with Gasteiger partial charge in [-0.15, -0.1) is 5.10 Å². The Kier molecular flexibility index (Phi) is 5.23. The number of aromatic nitrogens is 3. The highest BCUT2D eigenvalue weighted by Gasteiger charge is 2.21. The molecule has 1 saturated heterocycles. The molecule has 0 amide bonds. The van der Waals surface area contributed by atoms with Crippen LogP contribution in [0, 0.1) is 0 Å². The summed E-state index contributed by atoms with van der Waals surface area (Å²) in [5.41, 5.74) is 3.91. The van der Waals surface area contributed by atoms with E-state index in [0.29, 0.717) is 10.0 Å². The Morgan fingerprint density at radius 1 is 1.22 bits per heavy atom. The Morgan fingerprint density at radius 3 is 2.85 bits per heavy atom. The summed E-state index contributed by atoms with van der Waals surface area (Å²) in [6, 6.07) is 11.7. The standard InChI is InChI=1S/C19H21Cl2N5O/c1-12(15-5-3-13(20)9-16(15)21)26-18-10-14(4-6-17(18)23-24-26)25-8-7-22-19(11-25)27-2/h3-6,9-10,12,19,22H,7-8,11H2,1-2H3/t12-,19+/m1/s1. The van der Waals surface area contributed by atoms with E-state index in [0.717, 1.165) is 41.9 Å². The van der Waals surface area contributed by atoms with Crippen molar-refractivity contribution in [2.45, 2.75) is 19.2 Å². The van der Waals surface area contributed by atoms with Crippen molar-refractivity contribution in [2.24, 2.45) is 0 Å². The van der Waals surface area contributed by atoms with Crippen molar-refractivity contribution in [3.63, 3.8) is 0 Å². The molecule has 1 aliphatic rings. The second kappa shape index (κ2) is 7.64. The zero-order valence-corrected chi connectivity index (χ0v) is 16.7. The third kappa shape index (κ3) is 3.62. The average molecular weight is 406 g/mol. The minimum atomic E-state index is -0.0650. The number of benzene rings is 2. The molecule has 142 valence electrons. The summed E-state index contributed by atoms with van der Waals surface area (Å²) in [7, 11) is 1.72. The number of nitrogens with one attached hydrogen (secondary N) is 1. The Balaban J connectivity index is 1.70. The van der Waals surface area contributed by atoms with Gasteiger partial charge in [-0.05, 0) is 42.8 Å². The molecule has 2 heterocycles. The number of fused-ring (bicyclic) bond motifs is 1. The maximum atomic E-state index is 6.40. The second-order valence-corrected chi connectivity index (χ2v) is 7.52. The first-order valence-electron chi connectivity index (χ1n) is 8.88. The lowest BCUT2D eigenvalue weighted by Crippen LogP contribution is -2.51. The lowest BCUT2D eigenvalue weighted by Gasteiger charge is -2.34. The van der Waals surface area contributed by atoms with Gasteiger partial charge in [0.05, 0.1) is 18.1 Å². The van der Waals surface area contributed by atoms with Crippen LogP contribution in [0.4, 0.5) is 5.69 Å². The molecule has 1 fully saturated rings. The number of hydrogen-bond donors (Lipinski definition) is 1. The van der Waals surface area contributed by atoms with E-state index >= 15 is 0 Å². The van der Waals surface area contributed by atoms with E-state index in [1.165, 1.54) is 0 Å². The molecule has 0 bridgehead atoms. The van der Waals surface area contributed by atoms with Gasteiger partial charge in [0.25, 0.3) is 0 Å². The minimum Gasteiger partial charge on any atom is -0.366 e. The van der Waals surface area contributed by atoms with Gasteiger partial charge >= 0.3 is 0 Å². The van der Waals surface area contributed by atoms with Crippen LogP contribution in [0.1, 0.15) is 18.5 Å². The summed E-state index contributed by atoms with van der Waals surface area (Å²) < 4.78 is 7.36. The largest absolute Gasteiger partial charge is 0.366 e. The zero-order chi connectivity index (χ0) is 19.0. The van der Waals surface area contributed by atoms with Gasteiger partial charge in [0.15, 0.2) is 0 Å². The molecular formula is C19H21Cl2N5O. The van der Waals surface area contributed by atoms with Crippen LogP contribution in [0.5, 0.6) is 0 Å². The highest BCUT2D eigenvalue weighted by Crippen LogP contribution is 2.31. The van der Waals surface area contributed by atoms with Crippen LogP contribution < -0.4 is 10.2 Å². The van der Waals surface area contributed by atoms with Crippen molar-refractivity contribution < 1.29 is 4.74 Å². The molecule has 0 saturated carbocycles. The van der Waals surface area contributed by atoms with E-state index in [4.69, 9.17) is 27.9 Å². The van der Waals surface area contributed by atoms with Gasteiger partial charge in [-0.2, -0.15) is 0 Å². The summed E-state index contributed by atoms with van der Waals surface area (Å²) >= 11 is 12.4. The number of nitrogens with zero attached hydrogens (tertiary/aromatic N) is 4. The second-order valence-electron chi connectivity index (χ2n) is 6.67. The predicted octanol–water partition coefficient (Wildman–Crippen LogP) is 3.73. The molecule has 2 atom stereocenters. The fraction of sp³-hybridized carbons (Fsp3) is 0.368. The highest BCUT2D eigenvalue weighted by atomic mass is 35.5. The third-order valence-corrected chi connectivity index (χ3v) is 5.59. The van der Waals surface area contributed by atoms with Crippen molar-refractivity contribution in [3.8, 4) is 0 Å². The molecule has 0 radical (unpaired) electrons. The molecule has 3 aromatic rings. The number of halogens is 2. The van der Waals surface area contributed by atoms with Gasteiger partial charge in [-0.1, -0.05) is 34.5 Å². The Labute approximate surface area is 168 Å². The fourth-order valence-electron chi connectivity index (χ4n) is 3.49.